The second-order valence-corrected chi connectivity index (χ2v) is 9.22. The molecule has 0 aromatic carbocycles. The fourth-order valence-corrected chi connectivity index (χ4v) is 4.73. The third-order valence-corrected chi connectivity index (χ3v) is 6.21. The van der Waals surface area contributed by atoms with Crippen molar-refractivity contribution in [3.8, 4) is 0 Å². The van der Waals surface area contributed by atoms with Crippen LogP contribution in [0.15, 0.2) is 11.5 Å². The van der Waals surface area contributed by atoms with Gasteiger partial charge in [0.1, 0.15) is 0 Å². The van der Waals surface area contributed by atoms with Crippen molar-refractivity contribution in [2.24, 2.45) is 5.92 Å². The summed E-state index contributed by atoms with van der Waals surface area (Å²) in [6.45, 7) is 1.76. The van der Waals surface area contributed by atoms with Gasteiger partial charge in [0, 0.05) is 24.5 Å². The highest BCUT2D eigenvalue weighted by Crippen LogP contribution is 2.18. The average Bonchev–Trinajstić information content (AvgIpc) is 2.66. The van der Waals surface area contributed by atoms with Crippen molar-refractivity contribution < 1.29 is 16.8 Å². The molecule has 2 aliphatic heterocycles. The molecule has 1 fully saturated rings. The van der Waals surface area contributed by atoms with Gasteiger partial charge in [-0.2, -0.15) is 0 Å². The Morgan fingerprint density at radius 3 is 2.74 bits per heavy atom. The van der Waals surface area contributed by atoms with Gasteiger partial charge in [0.05, 0.1) is 12.0 Å². The van der Waals surface area contributed by atoms with E-state index in [1.54, 1.807) is 6.08 Å². The summed E-state index contributed by atoms with van der Waals surface area (Å²) < 4.78 is 47.0. The molecule has 0 aliphatic carbocycles. The van der Waals surface area contributed by atoms with E-state index in [4.69, 9.17) is 0 Å². The van der Waals surface area contributed by atoms with Crippen molar-refractivity contribution in [2.45, 2.75) is 18.9 Å². The molecule has 0 spiro atoms. The van der Waals surface area contributed by atoms with Crippen molar-refractivity contribution in [3.63, 3.8) is 0 Å². The Morgan fingerprint density at radius 2 is 2.16 bits per heavy atom. The maximum atomic E-state index is 11.5. The molecule has 0 amide bonds. The van der Waals surface area contributed by atoms with Crippen molar-refractivity contribution in [1.29, 1.82) is 0 Å². The molecule has 2 heterocycles. The fourth-order valence-electron chi connectivity index (χ4n) is 2.52. The third kappa shape index (κ3) is 4.27. The summed E-state index contributed by atoms with van der Waals surface area (Å²) in [5.41, 5.74) is 0. The van der Waals surface area contributed by atoms with Crippen molar-refractivity contribution in [2.75, 3.05) is 31.6 Å². The molecule has 0 bridgehead atoms. The van der Waals surface area contributed by atoms with Crippen LogP contribution >= 0.6 is 0 Å². The monoisotopic (exact) mass is 308 g/mol. The van der Waals surface area contributed by atoms with Crippen molar-refractivity contribution in [3.05, 3.63) is 11.5 Å². The SMILES string of the molecule is CS(=O)(=O)N1CCCC(CNC2C=CS(=O)(=O)C2)C1. The van der Waals surface area contributed by atoms with Crippen molar-refractivity contribution in [1.82, 2.24) is 9.62 Å². The molecule has 0 aromatic rings. The van der Waals surface area contributed by atoms with E-state index in [-0.39, 0.29) is 17.7 Å². The van der Waals surface area contributed by atoms with Gasteiger partial charge in [-0.1, -0.05) is 6.08 Å². The number of hydrogen-bond donors (Lipinski definition) is 1. The van der Waals surface area contributed by atoms with Gasteiger partial charge in [0.2, 0.25) is 10.0 Å². The summed E-state index contributed by atoms with van der Waals surface area (Å²) in [6, 6.07) is -0.140. The van der Waals surface area contributed by atoms with Crippen LogP contribution in [0.5, 0.6) is 0 Å². The van der Waals surface area contributed by atoms with E-state index in [0.29, 0.717) is 19.6 Å². The number of piperidine rings is 1. The molecule has 1 saturated heterocycles. The highest BCUT2D eigenvalue weighted by atomic mass is 32.2. The maximum Gasteiger partial charge on any atom is 0.211 e. The minimum atomic E-state index is -3.12. The van der Waals surface area contributed by atoms with Crippen LogP contribution in [-0.2, 0) is 19.9 Å². The lowest BCUT2D eigenvalue weighted by Crippen LogP contribution is -2.44. The zero-order chi connectivity index (χ0) is 14.1. The molecular formula is C11H20N2O4S2. The smallest absolute Gasteiger partial charge is 0.211 e. The second-order valence-electron chi connectivity index (χ2n) is 5.30. The van der Waals surface area contributed by atoms with Gasteiger partial charge in [0.25, 0.3) is 0 Å². The molecule has 0 radical (unpaired) electrons. The molecule has 2 unspecified atom stereocenters. The largest absolute Gasteiger partial charge is 0.309 e. The summed E-state index contributed by atoms with van der Waals surface area (Å²) in [4.78, 5) is 0. The number of nitrogens with one attached hydrogen (secondary N) is 1. The lowest BCUT2D eigenvalue weighted by atomic mass is 9.99. The van der Waals surface area contributed by atoms with Gasteiger partial charge in [-0.15, -0.1) is 0 Å². The van der Waals surface area contributed by atoms with Crippen LogP contribution < -0.4 is 5.32 Å². The van der Waals surface area contributed by atoms with E-state index in [1.165, 1.54) is 16.0 Å². The number of nitrogens with zero attached hydrogens (tertiary/aromatic N) is 1. The predicted molar refractivity (Wildman–Crippen MR) is 73.9 cm³/mol. The first kappa shape index (κ1) is 15.0. The molecule has 2 rings (SSSR count). The van der Waals surface area contributed by atoms with Gasteiger partial charge in [-0.3, -0.25) is 0 Å². The highest BCUT2D eigenvalue weighted by Gasteiger charge is 2.27. The van der Waals surface area contributed by atoms with Crippen LogP contribution in [-0.4, -0.2) is 58.8 Å². The Morgan fingerprint density at radius 1 is 1.42 bits per heavy atom. The maximum absolute atomic E-state index is 11.5. The molecule has 0 saturated carbocycles. The first-order chi connectivity index (χ1) is 8.76. The Bertz CT molecular complexity index is 553. The summed E-state index contributed by atoms with van der Waals surface area (Å²) in [6.07, 6.45) is 4.72. The molecule has 0 aromatic heterocycles. The van der Waals surface area contributed by atoms with Gasteiger partial charge in [-0.25, -0.2) is 21.1 Å². The summed E-state index contributed by atoms with van der Waals surface area (Å²) in [5, 5.41) is 4.44. The molecule has 8 heteroatoms. The van der Waals surface area contributed by atoms with E-state index >= 15 is 0 Å². The molecule has 1 N–H and O–H groups in total. The topological polar surface area (TPSA) is 83.6 Å². The lowest BCUT2D eigenvalue weighted by Gasteiger charge is -2.31. The van der Waals surface area contributed by atoms with Crippen LogP contribution in [0.1, 0.15) is 12.8 Å². The molecule has 19 heavy (non-hydrogen) atoms. The number of rotatable bonds is 4. The van der Waals surface area contributed by atoms with E-state index in [1.807, 2.05) is 0 Å². The summed E-state index contributed by atoms with van der Waals surface area (Å²) in [7, 11) is -6.15. The number of sulfonamides is 1. The normalized spacial score (nSPS) is 31.6. The van der Waals surface area contributed by atoms with E-state index in [0.717, 1.165) is 12.8 Å². The molecular weight excluding hydrogens is 288 g/mol. The predicted octanol–water partition coefficient (Wildman–Crippen LogP) is -0.442. The second kappa shape index (κ2) is 5.51. The third-order valence-electron chi connectivity index (χ3n) is 3.55. The van der Waals surface area contributed by atoms with E-state index < -0.39 is 19.9 Å². The van der Waals surface area contributed by atoms with Crippen molar-refractivity contribution >= 4 is 19.9 Å². The molecule has 2 atom stereocenters. The number of sulfone groups is 1. The first-order valence-electron chi connectivity index (χ1n) is 6.36. The van der Waals surface area contributed by atoms with Gasteiger partial charge in [-0.05, 0) is 25.3 Å². The minimum Gasteiger partial charge on any atom is -0.309 e. The molecule has 6 nitrogen and oxygen atoms in total. The van der Waals surface area contributed by atoms with Crippen LogP contribution in [0.25, 0.3) is 0 Å². The van der Waals surface area contributed by atoms with Gasteiger partial charge < -0.3 is 5.32 Å². The van der Waals surface area contributed by atoms with Crippen LogP contribution in [0, 0.1) is 5.92 Å². The summed E-state index contributed by atoms with van der Waals surface area (Å²) in [5.74, 6) is 0.357. The Labute approximate surface area is 114 Å². The lowest BCUT2D eigenvalue weighted by molar-refractivity contribution is 0.259. The summed E-state index contributed by atoms with van der Waals surface area (Å²) >= 11 is 0. The van der Waals surface area contributed by atoms with Gasteiger partial charge >= 0.3 is 0 Å². The van der Waals surface area contributed by atoms with E-state index in [9.17, 15) is 16.8 Å². The first-order valence-corrected chi connectivity index (χ1v) is 9.92. The quantitative estimate of drug-likeness (QED) is 0.761. The Hall–Kier alpha value is -0.440. The number of hydrogen-bond acceptors (Lipinski definition) is 5. The molecule has 110 valence electrons. The zero-order valence-electron chi connectivity index (χ0n) is 10.9. The zero-order valence-corrected chi connectivity index (χ0v) is 12.6. The van der Waals surface area contributed by atoms with Crippen LogP contribution in [0.3, 0.4) is 0 Å². The van der Waals surface area contributed by atoms with Crippen LogP contribution in [0.4, 0.5) is 0 Å². The Balaban J connectivity index is 1.82. The highest BCUT2D eigenvalue weighted by molar-refractivity contribution is 7.94. The van der Waals surface area contributed by atoms with E-state index in [2.05, 4.69) is 5.32 Å². The molecule has 2 aliphatic rings. The fraction of sp³-hybridized carbons (Fsp3) is 0.818. The Kier molecular flexibility index (Phi) is 4.34. The standard InChI is InChI=1S/C11H20N2O4S2/c1-18(14,15)13-5-2-3-10(8-13)7-12-11-4-6-19(16,17)9-11/h4,6,10-12H,2-3,5,7-9H2,1H3. The van der Waals surface area contributed by atoms with Crippen LogP contribution in [0.2, 0.25) is 0 Å². The average molecular weight is 308 g/mol. The minimum absolute atomic E-state index is 0.107. The van der Waals surface area contributed by atoms with Gasteiger partial charge in [0.15, 0.2) is 9.84 Å².